The molecule has 0 bridgehead atoms. The molecular formula is C26H25F3N8O. The number of piperidine rings is 1. The molecule has 1 saturated heterocycles. The van der Waals surface area contributed by atoms with Crippen molar-refractivity contribution in [3.8, 4) is 23.2 Å². The van der Waals surface area contributed by atoms with Gasteiger partial charge in [-0.15, -0.1) is 5.10 Å². The van der Waals surface area contributed by atoms with Gasteiger partial charge in [0.15, 0.2) is 6.10 Å². The van der Waals surface area contributed by atoms with Gasteiger partial charge in [0.2, 0.25) is 5.88 Å². The highest BCUT2D eigenvalue weighted by molar-refractivity contribution is 5.68. The lowest BCUT2D eigenvalue weighted by molar-refractivity contribution is -0.212. The first-order chi connectivity index (χ1) is 18.3. The number of hydrogen-bond acceptors (Lipinski definition) is 7. The van der Waals surface area contributed by atoms with Gasteiger partial charge in [0.1, 0.15) is 28.5 Å². The fourth-order valence-corrected chi connectivity index (χ4v) is 5.32. The second-order valence-electron chi connectivity index (χ2n) is 9.89. The van der Waals surface area contributed by atoms with Crippen LogP contribution in [0.2, 0.25) is 0 Å². The molecule has 6 rings (SSSR count). The molecule has 38 heavy (non-hydrogen) atoms. The van der Waals surface area contributed by atoms with E-state index in [4.69, 9.17) is 4.74 Å². The normalized spacial score (nSPS) is 18.3. The van der Waals surface area contributed by atoms with Crippen LogP contribution in [0, 0.1) is 23.7 Å². The van der Waals surface area contributed by atoms with E-state index < -0.39 is 17.7 Å². The van der Waals surface area contributed by atoms with Crippen molar-refractivity contribution in [2.24, 2.45) is 5.41 Å². The maximum absolute atomic E-state index is 14.3. The Labute approximate surface area is 216 Å². The minimum absolute atomic E-state index is 0.0635. The zero-order valence-corrected chi connectivity index (χ0v) is 20.6. The number of ether oxygens (including phenoxy) is 1. The summed E-state index contributed by atoms with van der Waals surface area (Å²) in [7, 11) is 0. The first-order valence-corrected chi connectivity index (χ1v) is 12.5. The number of nitrogens with zero attached hydrogens (tertiary/aromatic N) is 7. The van der Waals surface area contributed by atoms with E-state index in [2.05, 4.69) is 31.7 Å². The molecule has 9 nitrogen and oxygen atoms in total. The summed E-state index contributed by atoms with van der Waals surface area (Å²) in [5.41, 5.74) is 0.642. The Morgan fingerprint density at radius 1 is 1.18 bits per heavy atom. The van der Waals surface area contributed by atoms with Gasteiger partial charge in [-0.1, -0.05) is 11.3 Å². The Hall–Kier alpha value is -3.98. The average molecular weight is 523 g/mol. The predicted molar refractivity (Wildman–Crippen MR) is 130 cm³/mol. The number of imidazole rings is 1. The SMILES string of the molecule is Cc1c(-c2cc(OC(c3ccccn3)C3(C(F)(F)F)CC3)n3c(C#N)cnc3c2)nnn1C1CCNCC1. The Morgan fingerprint density at radius 3 is 2.63 bits per heavy atom. The maximum Gasteiger partial charge on any atom is 0.398 e. The van der Waals surface area contributed by atoms with E-state index in [1.54, 1.807) is 24.3 Å². The van der Waals surface area contributed by atoms with Crippen LogP contribution in [-0.2, 0) is 0 Å². The lowest BCUT2D eigenvalue weighted by atomic mass is 9.95. The summed E-state index contributed by atoms with van der Waals surface area (Å²) in [6, 6.07) is 10.4. The van der Waals surface area contributed by atoms with Crippen molar-refractivity contribution in [2.75, 3.05) is 13.1 Å². The number of hydrogen-bond donors (Lipinski definition) is 1. The molecule has 1 N–H and O–H groups in total. The first-order valence-electron chi connectivity index (χ1n) is 12.5. The molecule has 4 aromatic rings. The molecule has 196 valence electrons. The number of pyridine rings is 2. The summed E-state index contributed by atoms with van der Waals surface area (Å²) < 4.78 is 52.5. The molecule has 0 radical (unpaired) electrons. The van der Waals surface area contributed by atoms with Gasteiger partial charge in [-0.3, -0.25) is 9.38 Å². The van der Waals surface area contributed by atoms with Gasteiger partial charge in [-0.25, -0.2) is 9.67 Å². The fourth-order valence-electron chi connectivity index (χ4n) is 5.32. The van der Waals surface area contributed by atoms with Crippen molar-refractivity contribution in [3.63, 3.8) is 0 Å². The highest BCUT2D eigenvalue weighted by Crippen LogP contribution is 2.65. The van der Waals surface area contributed by atoms with E-state index in [1.165, 1.54) is 22.9 Å². The van der Waals surface area contributed by atoms with Gasteiger partial charge >= 0.3 is 6.18 Å². The molecule has 1 saturated carbocycles. The van der Waals surface area contributed by atoms with Crippen LogP contribution < -0.4 is 10.1 Å². The van der Waals surface area contributed by atoms with E-state index in [-0.39, 0.29) is 36.2 Å². The summed E-state index contributed by atoms with van der Waals surface area (Å²) in [6.07, 6.45) is -1.36. The van der Waals surface area contributed by atoms with Gasteiger partial charge in [-0.05, 0) is 63.9 Å². The number of halogens is 3. The zero-order chi connectivity index (χ0) is 26.5. The minimum Gasteiger partial charge on any atom is -0.468 e. The number of aromatic nitrogens is 6. The van der Waals surface area contributed by atoms with Crippen LogP contribution in [0.1, 0.15) is 54.9 Å². The van der Waals surface area contributed by atoms with Gasteiger partial charge in [0.25, 0.3) is 0 Å². The number of alkyl halides is 3. The highest BCUT2D eigenvalue weighted by atomic mass is 19.4. The van der Waals surface area contributed by atoms with E-state index in [1.807, 2.05) is 11.6 Å². The molecule has 1 aliphatic heterocycles. The van der Waals surface area contributed by atoms with Crippen molar-refractivity contribution >= 4 is 5.65 Å². The lowest BCUT2D eigenvalue weighted by Crippen LogP contribution is -2.34. The second kappa shape index (κ2) is 9.09. The van der Waals surface area contributed by atoms with E-state index in [0.29, 0.717) is 16.9 Å². The summed E-state index contributed by atoms with van der Waals surface area (Å²) in [6.45, 7) is 3.71. The quantitative estimate of drug-likeness (QED) is 0.396. The largest absolute Gasteiger partial charge is 0.468 e. The average Bonchev–Trinajstić information content (AvgIpc) is 3.50. The van der Waals surface area contributed by atoms with Crippen LogP contribution in [0.25, 0.3) is 16.9 Å². The first kappa shape index (κ1) is 24.4. The summed E-state index contributed by atoms with van der Waals surface area (Å²) in [5.74, 6) is 0.0635. The fraction of sp³-hybridized carbons (Fsp3) is 0.423. The third kappa shape index (κ3) is 3.98. The Kier molecular flexibility index (Phi) is 5.83. The van der Waals surface area contributed by atoms with Gasteiger partial charge in [0, 0.05) is 17.8 Å². The molecule has 1 atom stereocenters. The number of fused-ring (bicyclic) bond motifs is 1. The molecule has 2 aliphatic rings. The summed E-state index contributed by atoms with van der Waals surface area (Å²) in [5, 5.41) is 21.8. The van der Waals surface area contributed by atoms with Crippen LogP contribution in [-0.4, -0.2) is 48.6 Å². The minimum atomic E-state index is -4.49. The van der Waals surface area contributed by atoms with Crippen molar-refractivity contribution in [2.45, 2.75) is 50.9 Å². The van der Waals surface area contributed by atoms with E-state index in [9.17, 15) is 18.4 Å². The molecule has 0 aromatic carbocycles. The maximum atomic E-state index is 14.3. The number of nitrogens with one attached hydrogen (secondary N) is 1. The molecule has 12 heteroatoms. The van der Waals surface area contributed by atoms with Crippen LogP contribution in [0.3, 0.4) is 0 Å². The molecule has 2 fully saturated rings. The third-order valence-corrected chi connectivity index (χ3v) is 7.59. The summed E-state index contributed by atoms with van der Waals surface area (Å²) in [4.78, 5) is 8.54. The van der Waals surface area contributed by atoms with Gasteiger partial charge < -0.3 is 10.1 Å². The molecule has 4 aromatic heterocycles. The standard InChI is InChI=1S/C26H25F3N8O/c1-16-23(34-35-37(16)18-5-10-31-11-6-18)17-12-21-33-15-19(14-30)36(21)22(13-17)38-24(20-4-2-3-9-32-20)25(7-8-25)26(27,28)29/h2-4,9,12-13,15,18,24,31H,5-8,10-11H2,1H3. The molecule has 5 heterocycles. The zero-order valence-electron chi connectivity index (χ0n) is 20.6. The highest BCUT2D eigenvalue weighted by Gasteiger charge is 2.69. The number of nitriles is 1. The molecule has 1 aliphatic carbocycles. The Balaban J connectivity index is 1.47. The van der Waals surface area contributed by atoms with Crippen LogP contribution in [0.5, 0.6) is 5.88 Å². The van der Waals surface area contributed by atoms with Crippen molar-refractivity contribution < 1.29 is 17.9 Å². The molecular weight excluding hydrogens is 497 g/mol. The Bertz CT molecular complexity index is 1510. The summed E-state index contributed by atoms with van der Waals surface area (Å²) >= 11 is 0. The smallest absolute Gasteiger partial charge is 0.398 e. The van der Waals surface area contributed by atoms with Crippen LogP contribution >= 0.6 is 0 Å². The van der Waals surface area contributed by atoms with Crippen molar-refractivity contribution in [1.82, 2.24) is 34.7 Å². The monoisotopic (exact) mass is 522 g/mol. The number of rotatable bonds is 6. The molecule has 1 unspecified atom stereocenters. The van der Waals surface area contributed by atoms with Gasteiger partial charge in [0.05, 0.1) is 23.6 Å². The third-order valence-electron chi connectivity index (χ3n) is 7.59. The Morgan fingerprint density at radius 2 is 1.97 bits per heavy atom. The van der Waals surface area contributed by atoms with Crippen molar-refractivity contribution in [1.29, 1.82) is 5.26 Å². The molecule has 0 spiro atoms. The second-order valence-corrected chi connectivity index (χ2v) is 9.89. The van der Waals surface area contributed by atoms with E-state index >= 15 is 0 Å². The van der Waals surface area contributed by atoms with E-state index in [0.717, 1.165) is 31.6 Å². The van der Waals surface area contributed by atoms with Gasteiger partial charge in [-0.2, -0.15) is 18.4 Å². The topological polar surface area (TPSA) is 106 Å². The lowest BCUT2D eigenvalue weighted by Gasteiger charge is -2.29. The van der Waals surface area contributed by atoms with Crippen LogP contribution in [0.4, 0.5) is 13.2 Å². The van der Waals surface area contributed by atoms with Crippen molar-refractivity contribution in [3.05, 3.63) is 59.8 Å². The predicted octanol–water partition coefficient (Wildman–Crippen LogP) is 4.56. The van der Waals surface area contributed by atoms with Crippen LogP contribution in [0.15, 0.2) is 42.7 Å². The molecule has 0 amide bonds.